The molecule has 0 radical (unpaired) electrons. The molecule has 0 heterocycles. The summed E-state index contributed by atoms with van der Waals surface area (Å²) >= 11 is 0. The summed E-state index contributed by atoms with van der Waals surface area (Å²) in [6.45, 7) is 6.68. The molecule has 0 aliphatic carbocycles. The average Bonchev–Trinajstić information content (AvgIpc) is 2.39. The van der Waals surface area contributed by atoms with Crippen molar-refractivity contribution in [3.05, 3.63) is 35.4 Å². The molecule has 19 heavy (non-hydrogen) atoms. The van der Waals surface area contributed by atoms with Crippen LogP contribution in [0.5, 0.6) is 0 Å². The fourth-order valence-corrected chi connectivity index (χ4v) is 2.31. The summed E-state index contributed by atoms with van der Waals surface area (Å²) in [4.78, 5) is 12.0. The van der Waals surface area contributed by atoms with Crippen molar-refractivity contribution in [3.8, 4) is 0 Å². The van der Waals surface area contributed by atoms with E-state index in [1.807, 2.05) is 12.1 Å². The summed E-state index contributed by atoms with van der Waals surface area (Å²) in [5, 5.41) is 0. The Balaban J connectivity index is 2.29. The second-order valence-electron chi connectivity index (χ2n) is 5.86. The molecule has 0 unspecified atom stereocenters. The first-order chi connectivity index (χ1) is 9.13. The first-order valence-electron chi connectivity index (χ1n) is 7.75. The SMILES string of the molecule is CCCc1ccc(C(=O)CCCCCC(C)C)cc1. The highest BCUT2D eigenvalue weighted by molar-refractivity contribution is 5.96. The Hall–Kier alpha value is -1.11. The molecule has 0 aliphatic heterocycles. The Kier molecular flexibility index (Phi) is 7.47. The summed E-state index contributed by atoms with van der Waals surface area (Å²) in [6, 6.07) is 8.16. The van der Waals surface area contributed by atoms with Crippen LogP contribution in [0.1, 0.15) is 75.2 Å². The third-order valence-electron chi connectivity index (χ3n) is 3.50. The largest absolute Gasteiger partial charge is 0.294 e. The van der Waals surface area contributed by atoms with Crippen LogP contribution in [0.25, 0.3) is 0 Å². The molecule has 0 aromatic heterocycles. The van der Waals surface area contributed by atoms with Gasteiger partial charge in [0.1, 0.15) is 0 Å². The Morgan fingerprint density at radius 3 is 2.32 bits per heavy atom. The van der Waals surface area contributed by atoms with Crippen LogP contribution in [0.15, 0.2) is 24.3 Å². The van der Waals surface area contributed by atoms with E-state index in [2.05, 4.69) is 32.9 Å². The Bertz CT molecular complexity index is 362. The number of aryl methyl sites for hydroxylation is 1. The van der Waals surface area contributed by atoms with Gasteiger partial charge in [0.15, 0.2) is 5.78 Å². The average molecular weight is 260 g/mol. The molecule has 0 saturated carbocycles. The Morgan fingerprint density at radius 2 is 1.74 bits per heavy atom. The van der Waals surface area contributed by atoms with Gasteiger partial charge in [0, 0.05) is 12.0 Å². The molecule has 106 valence electrons. The van der Waals surface area contributed by atoms with Crippen LogP contribution in [-0.4, -0.2) is 5.78 Å². The lowest BCUT2D eigenvalue weighted by atomic mass is 10.00. The maximum atomic E-state index is 12.0. The topological polar surface area (TPSA) is 17.1 Å². The molecular weight excluding hydrogens is 232 g/mol. The second-order valence-corrected chi connectivity index (χ2v) is 5.86. The van der Waals surface area contributed by atoms with Crippen LogP contribution in [0, 0.1) is 5.92 Å². The summed E-state index contributed by atoms with van der Waals surface area (Å²) in [5.41, 5.74) is 2.21. The summed E-state index contributed by atoms with van der Waals surface area (Å²) in [7, 11) is 0. The van der Waals surface area contributed by atoms with Gasteiger partial charge in [-0.25, -0.2) is 0 Å². The van der Waals surface area contributed by atoms with Crippen LogP contribution in [0.4, 0.5) is 0 Å². The fraction of sp³-hybridized carbons (Fsp3) is 0.611. The number of hydrogen-bond acceptors (Lipinski definition) is 1. The highest BCUT2D eigenvalue weighted by atomic mass is 16.1. The van der Waals surface area contributed by atoms with Crippen LogP contribution >= 0.6 is 0 Å². The molecule has 1 rings (SSSR count). The number of ketones is 1. The molecule has 0 N–H and O–H groups in total. The van der Waals surface area contributed by atoms with E-state index in [0.29, 0.717) is 12.2 Å². The lowest BCUT2D eigenvalue weighted by Gasteiger charge is -2.05. The van der Waals surface area contributed by atoms with Crippen LogP contribution in [0.2, 0.25) is 0 Å². The second kappa shape index (κ2) is 8.90. The number of hydrogen-bond donors (Lipinski definition) is 0. The summed E-state index contributed by atoms with van der Waals surface area (Å²) in [5.74, 6) is 1.08. The first-order valence-corrected chi connectivity index (χ1v) is 7.75. The highest BCUT2D eigenvalue weighted by Crippen LogP contribution is 2.13. The van der Waals surface area contributed by atoms with Gasteiger partial charge in [-0.15, -0.1) is 0 Å². The molecule has 0 bridgehead atoms. The van der Waals surface area contributed by atoms with E-state index in [0.717, 1.165) is 30.7 Å². The van der Waals surface area contributed by atoms with Gasteiger partial charge in [-0.1, -0.05) is 70.7 Å². The standard InChI is InChI=1S/C18H28O/c1-4-8-16-11-13-17(14-12-16)18(19)10-7-5-6-9-15(2)3/h11-15H,4-10H2,1-3H3. The predicted molar refractivity (Wildman–Crippen MR) is 82.7 cm³/mol. The van der Waals surface area contributed by atoms with E-state index in [9.17, 15) is 4.79 Å². The quantitative estimate of drug-likeness (QED) is 0.427. The molecule has 0 spiro atoms. The molecule has 1 nitrogen and oxygen atoms in total. The van der Waals surface area contributed by atoms with E-state index in [1.54, 1.807) is 0 Å². The Morgan fingerprint density at radius 1 is 1.05 bits per heavy atom. The minimum atomic E-state index is 0.299. The lowest BCUT2D eigenvalue weighted by Crippen LogP contribution is -1.99. The van der Waals surface area contributed by atoms with Gasteiger partial charge in [-0.2, -0.15) is 0 Å². The molecule has 1 aromatic carbocycles. The van der Waals surface area contributed by atoms with Crippen molar-refractivity contribution in [1.82, 2.24) is 0 Å². The number of unbranched alkanes of at least 4 members (excludes halogenated alkanes) is 2. The molecule has 0 aliphatic rings. The minimum absolute atomic E-state index is 0.299. The van der Waals surface area contributed by atoms with E-state index in [-0.39, 0.29) is 0 Å². The third-order valence-corrected chi connectivity index (χ3v) is 3.50. The summed E-state index contributed by atoms with van der Waals surface area (Å²) in [6.07, 6.45) is 7.69. The van der Waals surface area contributed by atoms with E-state index >= 15 is 0 Å². The monoisotopic (exact) mass is 260 g/mol. The third kappa shape index (κ3) is 6.56. The van der Waals surface area contributed by atoms with Crippen LogP contribution in [0.3, 0.4) is 0 Å². The van der Waals surface area contributed by atoms with Crippen molar-refractivity contribution in [3.63, 3.8) is 0 Å². The lowest BCUT2D eigenvalue weighted by molar-refractivity contribution is 0.0979. The van der Waals surface area contributed by atoms with Crippen LogP contribution < -0.4 is 0 Å². The molecule has 0 amide bonds. The zero-order valence-electron chi connectivity index (χ0n) is 12.7. The first kappa shape index (κ1) is 15.9. The van der Waals surface area contributed by atoms with E-state index < -0.39 is 0 Å². The predicted octanol–water partition coefficient (Wildman–Crippen LogP) is 5.43. The smallest absolute Gasteiger partial charge is 0.162 e. The van der Waals surface area contributed by atoms with Gasteiger partial charge in [-0.3, -0.25) is 4.79 Å². The number of benzene rings is 1. The number of carbonyl (C=O) groups is 1. The Labute approximate surface area is 118 Å². The molecular formula is C18H28O. The van der Waals surface area contributed by atoms with Gasteiger partial charge in [-0.05, 0) is 24.3 Å². The maximum absolute atomic E-state index is 12.0. The summed E-state index contributed by atoms with van der Waals surface area (Å²) < 4.78 is 0. The normalized spacial score (nSPS) is 10.9. The zero-order chi connectivity index (χ0) is 14.1. The van der Waals surface area contributed by atoms with Gasteiger partial charge in [0.05, 0.1) is 0 Å². The molecule has 1 aromatic rings. The maximum Gasteiger partial charge on any atom is 0.162 e. The van der Waals surface area contributed by atoms with Crippen LogP contribution in [-0.2, 0) is 6.42 Å². The number of carbonyl (C=O) groups excluding carboxylic acids is 1. The van der Waals surface area contributed by atoms with Gasteiger partial charge in [0.2, 0.25) is 0 Å². The molecule has 1 heteroatoms. The molecule has 0 fully saturated rings. The highest BCUT2D eigenvalue weighted by Gasteiger charge is 2.05. The van der Waals surface area contributed by atoms with Crippen molar-refractivity contribution < 1.29 is 4.79 Å². The van der Waals surface area contributed by atoms with E-state index in [1.165, 1.54) is 24.8 Å². The minimum Gasteiger partial charge on any atom is -0.294 e. The van der Waals surface area contributed by atoms with Gasteiger partial charge in [0.25, 0.3) is 0 Å². The number of rotatable bonds is 9. The molecule has 0 saturated heterocycles. The van der Waals surface area contributed by atoms with Crippen molar-refractivity contribution in [2.24, 2.45) is 5.92 Å². The molecule has 0 atom stereocenters. The van der Waals surface area contributed by atoms with E-state index in [4.69, 9.17) is 0 Å². The van der Waals surface area contributed by atoms with Crippen molar-refractivity contribution in [2.75, 3.05) is 0 Å². The fourth-order valence-electron chi connectivity index (χ4n) is 2.31. The van der Waals surface area contributed by atoms with Gasteiger partial charge >= 0.3 is 0 Å². The number of Topliss-reactive ketones (excluding diaryl/α,β-unsaturated/α-hetero) is 1. The van der Waals surface area contributed by atoms with Crippen molar-refractivity contribution in [1.29, 1.82) is 0 Å². The van der Waals surface area contributed by atoms with Gasteiger partial charge < -0.3 is 0 Å². The zero-order valence-corrected chi connectivity index (χ0v) is 12.7. The van der Waals surface area contributed by atoms with Crippen molar-refractivity contribution >= 4 is 5.78 Å². The van der Waals surface area contributed by atoms with Crippen molar-refractivity contribution in [2.45, 2.75) is 65.7 Å².